The van der Waals surface area contributed by atoms with Crippen LogP contribution in [0.2, 0.25) is 0 Å². The average molecular weight is 360 g/mol. The Bertz CT molecular complexity index is 755. The topological polar surface area (TPSA) is 45.6 Å². The maximum Gasteiger partial charge on any atom is 0.200 e. The van der Waals surface area contributed by atoms with Crippen molar-refractivity contribution in [2.45, 2.75) is 25.4 Å². The molecule has 2 fully saturated rings. The highest BCUT2D eigenvalue weighted by Crippen LogP contribution is 2.40. The van der Waals surface area contributed by atoms with Crippen LogP contribution < -0.4 is 4.74 Å². The summed E-state index contributed by atoms with van der Waals surface area (Å²) in [6.45, 7) is 2.96. The standard InChI is InChI=1S/C20H22F2N2O2/c21-18-2-1-3-19(20(18)22)26-17-8-13-11-24(12-14(13)9-17)7-6-15-4-5-16(25)10-23-15/h1-5,10,13-14,17,25H,6-9,11-12H2/t13-,14+,17+. The van der Waals surface area contributed by atoms with E-state index in [4.69, 9.17) is 4.74 Å². The predicted octanol–water partition coefficient (Wildman–Crippen LogP) is 3.40. The van der Waals surface area contributed by atoms with Crippen LogP contribution in [0.1, 0.15) is 18.5 Å². The number of aromatic hydroxyl groups is 1. The molecule has 1 aromatic carbocycles. The van der Waals surface area contributed by atoms with Gasteiger partial charge in [0.1, 0.15) is 5.75 Å². The zero-order valence-electron chi connectivity index (χ0n) is 14.4. The first-order chi connectivity index (χ1) is 12.6. The van der Waals surface area contributed by atoms with Gasteiger partial charge in [-0.3, -0.25) is 4.98 Å². The number of pyridine rings is 1. The van der Waals surface area contributed by atoms with Gasteiger partial charge >= 0.3 is 0 Å². The second-order valence-electron chi connectivity index (χ2n) is 7.30. The van der Waals surface area contributed by atoms with Crippen LogP contribution in [0.15, 0.2) is 36.5 Å². The lowest BCUT2D eigenvalue weighted by Crippen LogP contribution is -2.26. The zero-order chi connectivity index (χ0) is 18.1. The van der Waals surface area contributed by atoms with E-state index in [9.17, 15) is 13.9 Å². The summed E-state index contributed by atoms with van der Waals surface area (Å²) in [7, 11) is 0. The highest BCUT2D eigenvalue weighted by molar-refractivity contribution is 5.25. The fraction of sp³-hybridized carbons (Fsp3) is 0.450. The van der Waals surface area contributed by atoms with Gasteiger partial charge in [-0.25, -0.2) is 4.39 Å². The molecule has 0 unspecified atom stereocenters. The smallest absolute Gasteiger partial charge is 0.200 e. The van der Waals surface area contributed by atoms with Crippen LogP contribution in [0.25, 0.3) is 0 Å². The molecule has 1 aliphatic carbocycles. The Morgan fingerprint density at radius 1 is 1.12 bits per heavy atom. The molecule has 4 rings (SSSR count). The molecule has 1 aliphatic heterocycles. The Kier molecular flexibility index (Phi) is 4.76. The Morgan fingerprint density at radius 2 is 1.88 bits per heavy atom. The van der Waals surface area contributed by atoms with Gasteiger partial charge in [-0.2, -0.15) is 4.39 Å². The summed E-state index contributed by atoms with van der Waals surface area (Å²) >= 11 is 0. The van der Waals surface area contributed by atoms with Crippen LogP contribution in [0.3, 0.4) is 0 Å². The minimum atomic E-state index is -0.896. The fourth-order valence-corrected chi connectivity index (χ4v) is 4.21. The Labute approximate surface area is 151 Å². The highest BCUT2D eigenvalue weighted by atomic mass is 19.2. The molecule has 0 spiro atoms. The lowest BCUT2D eigenvalue weighted by Gasteiger charge is -2.20. The quantitative estimate of drug-likeness (QED) is 0.888. The van der Waals surface area contributed by atoms with Gasteiger partial charge in [0.05, 0.1) is 12.3 Å². The van der Waals surface area contributed by atoms with Crippen molar-refractivity contribution >= 4 is 0 Å². The number of aromatic nitrogens is 1. The third-order valence-electron chi connectivity index (χ3n) is 5.49. The molecule has 0 bridgehead atoms. The van der Waals surface area contributed by atoms with Gasteiger partial charge < -0.3 is 14.7 Å². The zero-order valence-corrected chi connectivity index (χ0v) is 14.4. The maximum absolute atomic E-state index is 13.8. The van der Waals surface area contributed by atoms with Crippen molar-refractivity contribution in [3.8, 4) is 11.5 Å². The number of hydrogen-bond donors (Lipinski definition) is 1. The van der Waals surface area contributed by atoms with Crippen molar-refractivity contribution in [1.29, 1.82) is 0 Å². The van der Waals surface area contributed by atoms with Crippen LogP contribution >= 0.6 is 0 Å². The minimum Gasteiger partial charge on any atom is -0.506 e. The molecule has 1 N–H and O–H groups in total. The average Bonchev–Trinajstić information content (AvgIpc) is 3.16. The van der Waals surface area contributed by atoms with Gasteiger partial charge in [0.25, 0.3) is 0 Å². The molecule has 0 amide bonds. The molecule has 2 aliphatic rings. The Hall–Kier alpha value is -2.21. The van der Waals surface area contributed by atoms with Crippen LogP contribution in [0.5, 0.6) is 11.5 Å². The van der Waals surface area contributed by atoms with E-state index in [0.29, 0.717) is 11.8 Å². The normalized spacial score (nSPS) is 25.4. The van der Waals surface area contributed by atoms with Crippen LogP contribution in [-0.2, 0) is 6.42 Å². The molecule has 4 nitrogen and oxygen atoms in total. The van der Waals surface area contributed by atoms with E-state index < -0.39 is 11.6 Å². The number of halogens is 2. The molecule has 26 heavy (non-hydrogen) atoms. The summed E-state index contributed by atoms with van der Waals surface area (Å²) in [6, 6.07) is 7.58. The van der Waals surface area contributed by atoms with Crippen LogP contribution in [0, 0.1) is 23.5 Å². The number of ether oxygens (including phenoxy) is 1. The van der Waals surface area contributed by atoms with E-state index in [2.05, 4.69) is 9.88 Å². The SMILES string of the molecule is Oc1ccc(CCN2C[C@H]3C[C@H](Oc4cccc(F)c4F)C[C@H]3C2)nc1. The molecule has 1 saturated heterocycles. The number of hydrogen-bond acceptors (Lipinski definition) is 4. The van der Waals surface area contributed by atoms with E-state index in [1.807, 2.05) is 6.07 Å². The first-order valence-electron chi connectivity index (χ1n) is 9.05. The Morgan fingerprint density at radius 3 is 2.58 bits per heavy atom. The van der Waals surface area contributed by atoms with Crippen molar-refractivity contribution in [3.05, 3.63) is 53.9 Å². The molecule has 3 atom stereocenters. The summed E-state index contributed by atoms with van der Waals surface area (Å²) in [5.74, 6) is -0.466. The van der Waals surface area contributed by atoms with Crippen molar-refractivity contribution in [2.24, 2.45) is 11.8 Å². The molecule has 6 heteroatoms. The largest absolute Gasteiger partial charge is 0.506 e. The van der Waals surface area contributed by atoms with E-state index in [0.717, 1.165) is 50.7 Å². The number of benzene rings is 1. The van der Waals surface area contributed by atoms with E-state index in [1.54, 1.807) is 6.07 Å². The van der Waals surface area contributed by atoms with Gasteiger partial charge in [-0.1, -0.05) is 6.07 Å². The van der Waals surface area contributed by atoms with Crippen molar-refractivity contribution in [2.75, 3.05) is 19.6 Å². The predicted molar refractivity (Wildman–Crippen MR) is 93.0 cm³/mol. The van der Waals surface area contributed by atoms with E-state index >= 15 is 0 Å². The summed E-state index contributed by atoms with van der Waals surface area (Å²) in [5.41, 5.74) is 0.975. The lowest BCUT2D eigenvalue weighted by molar-refractivity contribution is 0.177. The van der Waals surface area contributed by atoms with Crippen molar-refractivity contribution in [1.82, 2.24) is 9.88 Å². The molecular weight excluding hydrogens is 338 g/mol. The second kappa shape index (κ2) is 7.19. The summed E-state index contributed by atoms with van der Waals surface area (Å²) in [6.07, 6.45) is 4.06. The summed E-state index contributed by atoms with van der Waals surface area (Å²) < 4.78 is 32.8. The van der Waals surface area contributed by atoms with E-state index in [1.165, 1.54) is 18.3 Å². The highest BCUT2D eigenvalue weighted by Gasteiger charge is 2.41. The van der Waals surface area contributed by atoms with Crippen LogP contribution in [0.4, 0.5) is 8.78 Å². The fourth-order valence-electron chi connectivity index (χ4n) is 4.21. The molecule has 2 heterocycles. The van der Waals surface area contributed by atoms with E-state index in [-0.39, 0.29) is 17.6 Å². The second-order valence-corrected chi connectivity index (χ2v) is 7.30. The van der Waals surface area contributed by atoms with Crippen molar-refractivity contribution < 1.29 is 18.6 Å². The molecule has 0 radical (unpaired) electrons. The Balaban J connectivity index is 1.27. The first kappa shape index (κ1) is 17.2. The number of nitrogens with zero attached hydrogens (tertiary/aromatic N) is 2. The van der Waals surface area contributed by atoms with Gasteiger partial charge in [0.15, 0.2) is 11.6 Å². The van der Waals surface area contributed by atoms with Crippen LogP contribution in [-0.4, -0.2) is 40.7 Å². The molecule has 2 aromatic rings. The third-order valence-corrected chi connectivity index (χ3v) is 5.49. The van der Waals surface area contributed by atoms with Gasteiger partial charge in [-0.05, 0) is 48.9 Å². The monoisotopic (exact) mass is 360 g/mol. The lowest BCUT2D eigenvalue weighted by atomic mass is 10.0. The van der Waals surface area contributed by atoms with Gasteiger partial charge in [-0.15, -0.1) is 0 Å². The first-order valence-corrected chi connectivity index (χ1v) is 9.05. The molecule has 138 valence electrons. The van der Waals surface area contributed by atoms with Gasteiger partial charge in [0, 0.05) is 31.7 Å². The van der Waals surface area contributed by atoms with Gasteiger partial charge in [0.2, 0.25) is 5.82 Å². The minimum absolute atomic E-state index is 0.0187. The number of fused-ring (bicyclic) bond motifs is 1. The molecule has 1 saturated carbocycles. The van der Waals surface area contributed by atoms with Crippen molar-refractivity contribution in [3.63, 3.8) is 0 Å². The molecule has 1 aromatic heterocycles. The summed E-state index contributed by atoms with van der Waals surface area (Å²) in [5, 5.41) is 9.28. The third kappa shape index (κ3) is 3.65. The maximum atomic E-state index is 13.8. The number of likely N-dealkylation sites (tertiary alicyclic amines) is 1. The number of rotatable bonds is 5. The summed E-state index contributed by atoms with van der Waals surface area (Å²) in [4.78, 5) is 6.66. The molecular formula is C20H22F2N2O2.